The van der Waals surface area contributed by atoms with Crippen LogP contribution in [0, 0.1) is 0 Å². The second-order valence-electron chi connectivity index (χ2n) is 3.97. The molecule has 1 amide bonds. The van der Waals surface area contributed by atoms with Crippen molar-refractivity contribution in [1.82, 2.24) is 20.4 Å². The van der Waals surface area contributed by atoms with E-state index in [-0.39, 0.29) is 11.9 Å². The number of hydrogen-bond donors (Lipinski definition) is 1. The highest BCUT2D eigenvalue weighted by Crippen LogP contribution is 2.16. The summed E-state index contributed by atoms with van der Waals surface area (Å²) in [6.07, 6.45) is 0. The van der Waals surface area contributed by atoms with Gasteiger partial charge in [0.1, 0.15) is 5.01 Å². The highest BCUT2D eigenvalue weighted by atomic mass is 35.5. The van der Waals surface area contributed by atoms with E-state index < -0.39 is 0 Å². The molecule has 0 aromatic carbocycles. The van der Waals surface area contributed by atoms with Gasteiger partial charge in [0.15, 0.2) is 0 Å². The molecular weight excluding hydrogens is 260 g/mol. The molecule has 0 saturated heterocycles. The maximum Gasteiger partial charge on any atom is 0.234 e. The summed E-state index contributed by atoms with van der Waals surface area (Å²) in [5.41, 5.74) is 0. The van der Waals surface area contributed by atoms with E-state index in [0.29, 0.717) is 17.6 Å². The Morgan fingerprint density at radius 3 is 2.71 bits per heavy atom. The SMILES string of the molecule is CCN(CC(=O)NC(C)C)Cc1nnc(Cl)s1. The lowest BCUT2D eigenvalue weighted by Gasteiger charge is -2.19. The summed E-state index contributed by atoms with van der Waals surface area (Å²) in [6.45, 7) is 7.64. The van der Waals surface area contributed by atoms with Crippen LogP contribution in [0.15, 0.2) is 0 Å². The first kappa shape index (κ1) is 14.3. The number of rotatable bonds is 6. The molecule has 1 heterocycles. The lowest BCUT2D eigenvalue weighted by molar-refractivity contribution is -0.122. The topological polar surface area (TPSA) is 58.1 Å². The third-order valence-corrected chi connectivity index (χ3v) is 3.07. The summed E-state index contributed by atoms with van der Waals surface area (Å²) in [4.78, 5) is 13.6. The van der Waals surface area contributed by atoms with Crippen LogP contribution in [-0.4, -0.2) is 40.1 Å². The van der Waals surface area contributed by atoms with Gasteiger partial charge in [0.25, 0.3) is 0 Å². The Kier molecular flexibility index (Phi) is 5.80. The Balaban J connectivity index is 2.46. The standard InChI is InChI=1S/C10H17ClN4OS/c1-4-15(5-8(16)12-7(2)3)6-9-13-14-10(11)17-9/h7H,4-6H2,1-3H3,(H,12,16). The zero-order valence-electron chi connectivity index (χ0n) is 10.2. The van der Waals surface area contributed by atoms with Crippen molar-refractivity contribution in [3.8, 4) is 0 Å². The number of amides is 1. The monoisotopic (exact) mass is 276 g/mol. The fourth-order valence-corrected chi connectivity index (χ4v) is 2.25. The smallest absolute Gasteiger partial charge is 0.234 e. The number of carbonyl (C=O) groups excluding carboxylic acids is 1. The normalized spacial score (nSPS) is 11.2. The highest BCUT2D eigenvalue weighted by molar-refractivity contribution is 7.15. The highest BCUT2D eigenvalue weighted by Gasteiger charge is 2.12. The largest absolute Gasteiger partial charge is 0.353 e. The van der Waals surface area contributed by atoms with Gasteiger partial charge in [-0.25, -0.2) is 0 Å². The molecule has 1 aromatic heterocycles. The molecule has 1 aromatic rings. The lowest BCUT2D eigenvalue weighted by Crippen LogP contribution is -2.39. The fraction of sp³-hybridized carbons (Fsp3) is 0.700. The van der Waals surface area contributed by atoms with Crippen LogP contribution < -0.4 is 5.32 Å². The van der Waals surface area contributed by atoms with Crippen molar-refractivity contribution >= 4 is 28.8 Å². The third kappa shape index (κ3) is 5.43. The van der Waals surface area contributed by atoms with E-state index in [4.69, 9.17) is 11.6 Å². The second-order valence-corrected chi connectivity index (χ2v) is 5.62. The molecule has 7 heteroatoms. The number of hydrogen-bond acceptors (Lipinski definition) is 5. The van der Waals surface area contributed by atoms with Crippen molar-refractivity contribution in [2.24, 2.45) is 0 Å². The molecule has 5 nitrogen and oxygen atoms in total. The number of nitrogens with one attached hydrogen (secondary N) is 1. The van der Waals surface area contributed by atoms with Crippen LogP contribution in [0.25, 0.3) is 0 Å². The predicted octanol–water partition coefficient (Wildman–Crippen LogP) is 1.54. The van der Waals surface area contributed by atoms with Gasteiger partial charge in [0.05, 0.1) is 13.1 Å². The van der Waals surface area contributed by atoms with Gasteiger partial charge in [-0.1, -0.05) is 18.3 Å². The van der Waals surface area contributed by atoms with Crippen molar-refractivity contribution in [2.45, 2.75) is 33.4 Å². The van der Waals surface area contributed by atoms with Crippen LogP contribution in [0.4, 0.5) is 0 Å². The Morgan fingerprint density at radius 2 is 2.24 bits per heavy atom. The summed E-state index contributed by atoms with van der Waals surface area (Å²) in [5, 5.41) is 11.4. The number of carbonyl (C=O) groups is 1. The van der Waals surface area contributed by atoms with Crippen LogP contribution in [0.5, 0.6) is 0 Å². The molecule has 1 N–H and O–H groups in total. The minimum Gasteiger partial charge on any atom is -0.353 e. The van der Waals surface area contributed by atoms with Crippen LogP contribution in [0.2, 0.25) is 4.47 Å². The van der Waals surface area contributed by atoms with Gasteiger partial charge in [0, 0.05) is 6.04 Å². The van der Waals surface area contributed by atoms with Crippen LogP contribution >= 0.6 is 22.9 Å². The van der Waals surface area contributed by atoms with Crippen molar-refractivity contribution in [3.05, 3.63) is 9.47 Å². The van der Waals surface area contributed by atoms with Gasteiger partial charge < -0.3 is 5.32 Å². The van der Waals surface area contributed by atoms with E-state index in [1.165, 1.54) is 11.3 Å². The molecular formula is C10H17ClN4OS. The van der Waals surface area contributed by atoms with Crippen LogP contribution in [0.1, 0.15) is 25.8 Å². The average molecular weight is 277 g/mol. The van der Waals surface area contributed by atoms with Crippen molar-refractivity contribution in [2.75, 3.05) is 13.1 Å². The van der Waals surface area contributed by atoms with E-state index in [1.807, 2.05) is 25.7 Å². The Bertz CT molecular complexity index is 369. The number of likely N-dealkylation sites (N-methyl/N-ethyl adjacent to an activating group) is 1. The Hall–Kier alpha value is -0.720. The molecule has 17 heavy (non-hydrogen) atoms. The zero-order valence-corrected chi connectivity index (χ0v) is 11.8. The van der Waals surface area contributed by atoms with Gasteiger partial charge in [-0.15, -0.1) is 10.2 Å². The number of aromatic nitrogens is 2. The van der Waals surface area contributed by atoms with Crippen molar-refractivity contribution in [1.29, 1.82) is 0 Å². The molecule has 0 aliphatic heterocycles. The summed E-state index contributed by atoms with van der Waals surface area (Å²) in [6, 6.07) is 0.164. The average Bonchev–Trinajstić information content (AvgIpc) is 2.61. The van der Waals surface area contributed by atoms with E-state index in [2.05, 4.69) is 15.5 Å². The summed E-state index contributed by atoms with van der Waals surface area (Å²) >= 11 is 7.05. The Morgan fingerprint density at radius 1 is 1.53 bits per heavy atom. The first-order chi connectivity index (χ1) is 8.01. The number of nitrogens with zero attached hydrogens (tertiary/aromatic N) is 3. The van der Waals surface area contributed by atoms with Crippen LogP contribution in [-0.2, 0) is 11.3 Å². The molecule has 1 rings (SSSR count). The third-order valence-electron chi connectivity index (χ3n) is 2.07. The van der Waals surface area contributed by atoms with Gasteiger partial charge in [-0.05, 0) is 32.0 Å². The zero-order chi connectivity index (χ0) is 12.8. The maximum atomic E-state index is 11.6. The Labute approximate surface area is 110 Å². The molecule has 0 saturated carbocycles. The van der Waals surface area contributed by atoms with E-state index in [9.17, 15) is 4.79 Å². The quantitative estimate of drug-likeness (QED) is 0.856. The van der Waals surface area contributed by atoms with Gasteiger partial charge in [-0.2, -0.15) is 0 Å². The molecule has 0 radical (unpaired) electrons. The second kappa shape index (κ2) is 6.88. The van der Waals surface area contributed by atoms with E-state index in [0.717, 1.165) is 11.6 Å². The first-order valence-electron chi connectivity index (χ1n) is 5.50. The van der Waals surface area contributed by atoms with E-state index in [1.54, 1.807) is 0 Å². The molecule has 0 aliphatic carbocycles. The molecule has 0 spiro atoms. The number of halogens is 1. The summed E-state index contributed by atoms with van der Waals surface area (Å²) in [7, 11) is 0. The van der Waals surface area contributed by atoms with Crippen LogP contribution in [0.3, 0.4) is 0 Å². The predicted molar refractivity (Wildman–Crippen MR) is 69.1 cm³/mol. The van der Waals surface area contributed by atoms with E-state index >= 15 is 0 Å². The molecule has 0 aliphatic rings. The van der Waals surface area contributed by atoms with Gasteiger partial charge >= 0.3 is 0 Å². The minimum absolute atomic E-state index is 0.0254. The summed E-state index contributed by atoms with van der Waals surface area (Å²) < 4.78 is 0.433. The molecule has 0 fully saturated rings. The fourth-order valence-electron chi connectivity index (χ4n) is 1.34. The first-order valence-corrected chi connectivity index (χ1v) is 6.70. The minimum atomic E-state index is 0.0254. The molecule has 0 unspecified atom stereocenters. The lowest BCUT2D eigenvalue weighted by atomic mass is 10.3. The molecule has 0 bridgehead atoms. The van der Waals surface area contributed by atoms with Gasteiger partial charge in [-0.3, -0.25) is 9.69 Å². The summed E-state index contributed by atoms with van der Waals surface area (Å²) in [5.74, 6) is 0.0254. The van der Waals surface area contributed by atoms with Crippen molar-refractivity contribution in [3.63, 3.8) is 0 Å². The molecule has 0 atom stereocenters. The maximum absolute atomic E-state index is 11.6. The molecule has 96 valence electrons. The van der Waals surface area contributed by atoms with Crippen molar-refractivity contribution < 1.29 is 4.79 Å². The van der Waals surface area contributed by atoms with Gasteiger partial charge in [0.2, 0.25) is 10.4 Å².